The molecule has 1 aliphatic heterocycles. The van der Waals surface area contributed by atoms with Gasteiger partial charge in [-0.25, -0.2) is 0 Å². The van der Waals surface area contributed by atoms with E-state index in [4.69, 9.17) is 0 Å². The molecule has 11 heavy (non-hydrogen) atoms. The van der Waals surface area contributed by atoms with Crippen LogP contribution in [0.2, 0.25) is 0 Å². The highest BCUT2D eigenvalue weighted by molar-refractivity contribution is 5.80. The number of rotatable bonds is 0. The van der Waals surface area contributed by atoms with Gasteiger partial charge in [0.1, 0.15) is 0 Å². The molecule has 0 saturated carbocycles. The van der Waals surface area contributed by atoms with Crippen LogP contribution in [0, 0.1) is 0 Å². The first kappa shape index (κ1) is 6.53. The summed E-state index contributed by atoms with van der Waals surface area (Å²) < 4.78 is 0. The SMILES string of the molecule is CC1Cc2cccnc2C=N1. The summed E-state index contributed by atoms with van der Waals surface area (Å²) in [5, 5.41) is 0. The molecule has 56 valence electrons. The molecular formula is C9H10N2. The molecule has 2 heterocycles. The summed E-state index contributed by atoms with van der Waals surface area (Å²) in [6.07, 6.45) is 4.70. The minimum atomic E-state index is 0.423. The predicted octanol–water partition coefficient (Wildman–Crippen LogP) is 1.45. The zero-order chi connectivity index (χ0) is 7.68. The van der Waals surface area contributed by atoms with Gasteiger partial charge < -0.3 is 0 Å². The van der Waals surface area contributed by atoms with E-state index in [1.807, 2.05) is 12.3 Å². The summed E-state index contributed by atoms with van der Waals surface area (Å²) in [5.41, 5.74) is 2.35. The van der Waals surface area contributed by atoms with Gasteiger partial charge in [-0.15, -0.1) is 0 Å². The van der Waals surface area contributed by atoms with Crippen molar-refractivity contribution in [3.8, 4) is 0 Å². The standard InChI is InChI=1S/C9H10N2/c1-7-5-8-3-2-4-10-9(8)6-11-7/h2-4,6-7H,5H2,1H3. The molecule has 0 amide bonds. The van der Waals surface area contributed by atoms with E-state index in [2.05, 4.69) is 23.0 Å². The normalized spacial score (nSPS) is 21.4. The van der Waals surface area contributed by atoms with E-state index in [9.17, 15) is 0 Å². The molecule has 1 atom stereocenters. The lowest BCUT2D eigenvalue weighted by atomic mass is 10.0. The molecule has 0 aliphatic carbocycles. The van der Waals surface area contributed by atoms with Crippen LogP contribution in [0.4, 0.5) is 0 Å². The highest BCUT2D eigenvalue weighted by Gasteiger charge is 2.09. The Morgan fingerprint density at radius 2 is 2.45 bits per heavy atom. The van der Waals surface area contributed by atoms with Gasteiger partial charge in [-0.05, 0) is 25.0 Å². The van der Waals surface area contributed by atoms with Crippen molar-refractivity contribution in [2.75, 3.05) is 0 Å². The maximum atomic E-state index is 4.28. The van der Waals surface area contributed by atoms with Crippen LogP contribution in [-0.2, 0) is 6.42 Å². The van der Waals surface area contributed by atoms with Crippen LogP contribution in [0.1, 0.15) is 18.2 Å². The topological polar surface area (TPSA) is 25.2 Å². The molecule has 1 aromatic rings. The minimum Gasteiger partial charge on any atom is -0.288 e. The second-order valence-corrected chi connectivity index (χ2v) is 2.88. The van der Waals surface area contributed by atoms with Gasteiger partial charge in [-0.1, -0.05) is 6.07 Å². The Balaban J connectivity index is 2.46. The van der Waals surface area contributed by atoms with Crippen molar-refractivity contribution in [2.24, 2.45) is 4.99 Å². The number of nitrogens with zero attached hydrogens (tertiary/aromatic N) is 2. The number of hydrogen-bond donors (Lipinski definition) is 0. The molecule has 2 nitrogen and oxygen atoms in total. The summed E-state index contributed by atoms with van der Waals surface area (Å²) in [5.74, 6) is 0. The van der Waals surface area contributed by atoms with Gasteiger partial charge in [0.05, 0.1) is 11.7 Å². The number of aromatic nitrogens is 1. The number of fused-ring (bicyclic) bond motifs is 1. The number of pyridine rings is 1. The third kappa shape index (κ3) is 1.16. The lowest BCUT2D eigenvalue weighted by Gasteiger charge is -2.12. The molecule has 2 heteroatoms. The first-order valence-electron chi connectivity index (χ1n) is 3.83. The summed E-state index contributed by atoms with van der Waals surface area (Å²) in [6, 6.07) is 4.51. The summed E-state index contributed by atoms with van der Waals surface area (Å²) >= 11 is 0. The summed E-state index contributed by atoms with van der Waals surface area (Å²) in [7, 11) is 0. The molecule has 0 bridgehead atoms. The minimum absolute atomic E-state index is 0.423. The van der Waals surface area contributed by atoms with E-state index in [1.165, 1.54) is 5.56 Å². The fraction of sp³-hybridized carbons (Fsp3) is 0.333. The fourth-order valence-electron chi connectivity index (χ4n) is 1.31. The van der Waals surface area contributed by atoms with Gasteiger partial charge >= 0.3 is 0 Å². The van der Waals surface area contributed by atoms with Crippen molar-refractivity contribution in [2.45, 2.75) is 19.4 Å². The van der Waals surface area contributed by atoms with Crippen LogP contribution in [-0.4, -0.2) is 17.2 Å². The van der Waals surface area contributed by atoms with Gasteiger partial charge in [0.15, 0.2) is 0 Å². The monoisotopic (exact) mass is 146 g/mol. The number of aliphatic imine (C=N–C) groups is 1. The van der Waals surface area contributed by atoms with Crippen molar-refractivity contribution in [3.05, 3.63) is 29.6 Å². The van der Waals surface area contributed by atoms with Gasteiger partial charge in [-0.2, -0.15) is 0 Å². The smallest absolute Gasteiger partial charge is 0.0840 e. The zero-order valence-corrected chi connectivity index (χ0v) is 6.49. The first-order chi connectivity index (χ1) is 5.36. The molecular weight excluding hydrogens is 136 g/mol. The zero-order valence-electron chi connectivity index (χ0n) is 6.49. The third-order valence-electron chi connectivity index (χ3n) is 1.89. The van der Waals surface area contributed by atoms with Crippen LogP contribution >= 0.6 is 0 Å². The molecule has 1 aliphatic rings. The Bertz CT molecular complexity index is 291. The lowest BCUT2D eigenvalue weighted by Crippen LogP contribution is -2.12. The third-order valence-corrected chi connectivity index (χ3v) is 1.89. The van der Waals surface area contributed by atoms with Crippen molar-refractivity contribution in [3.63, 3.8) is 0 Å². The quantitative estimate of drug-likeness (QED) is 0.543. The van der Waals surface area contributed by atoms with Gasteiger partial charge in [0.25, 0.3) is 0 Å². The Morgan fingerprint density at radius 3 is 3.36 bits per heavy atom. The molecule has 0 fully saturated rings. The van der Waals surface area contributed by atoms with Crippen LogP contribution < -0.4 is 0 Å². The number of hydrogen-bond acceptors (Lipinski definition) is 2. The average Bonchev–Trinajstić information content (AvgIpc) is 2.04. The summed E-state index contributed by atoms with van der Waals surface area (Å²) in [6.45, 7) is 2.12. The molecule has 1 aromatic heterocycles. The van der Waals surface area contributed by atoms with Gasteiger partial charge in [0, 0.05) is 12.4 Å². The van der Waals surface area contributed by atoms with Crippen molar-refractivity contribution < 1.29 is 0 Å². The predicted molar refractivity (Wildman–Crippen MR) is 45.0 cm³/mol. The second kappa shape index (κ2) is 2.46. The van der Waals surface area contributed by atoms with Crippen molar-refractivity contribution in [1.82, 2.24) is 4.98 Å². The van der Waals surface area contributed by atoms with Crippen molar-refractivity contribution in [1.29, 1.82) is 0 Å². The van der Waals surface area contributed by atoms with Crippen LogP contribution in [0.3, 0.4) is 0 Å². The Hall–Kier alpha value is -1.18. The van der Waals surface area contributed by atoms with E-state index in [1.54, 1.807) is 6.20 Å². The van der Waals surface area contributed by atoms with Gasteiger partial charge in [-0.3, -0.25) is 9.98 Å². The largest absolute Gasteiger partial charge is 0.288 e. The summed E-state index contributed by atoms with van der Waals surface area (Å²) in [4.78, 5) is 8.49. The molecule has 0 aromatic carbocycles. The first-order valence-corrected chi connectivity index (χ1v) is 3.83. The Kier molecular flexibility index (Phi) is 1.46. The van der Waals surface area contributed by atoms with E-state index >= 15 is 0 Å². The Labute approximate surface area is 66.0 Å². The maximum absolute atomic E-state index is 4.28. The molecule has 0 spiro atoms. The van der Waals surface area contributed by atoms with Crippen LogP contribution in [0.15, 0.2) is 23.3 Å². The van der Waals surface area contributed by atoms with Gasteiger partial charge in [0.2, 0.25) is 0 Å². The highest BCUT2D eigenvalue weighted by atomic mass is 14.8. The average molecular weight is 146 g/mol. The van der Waals surface area contributed by atoms with Crippen molar-refractivity contribution >= 4 is 6.21 Å². The molecule has 0 saturated heterocycles. The van der Waals surface area contributed by atoms with E-state index < -0.39 is 0 Å². The van der Waals surface area contributed by atoms with E-state index in [0.717, 1.165) is 12.1 Å². The lowest BCUT2D eigenvalue weighted by molar-refractivity contribution is 0.727. The van der Waals surface area contributed by atoms with E-state index in [0.29, 0.717) is 6.04 Å². The molecule has 2 rings (SSSR count). The second-order valence-electron chi connectivity index (χ2n) is 2.88. The van der Waals surface area contributed by atoms with E-state index in [-0.39, 0.29) is 0 Å². The van der Waals surface area contributed by atoms with Crippen LogP contribution in [0.5, 0.6) is 0 Å². The molecule has 0 N–H and O–H groups in total. The maximum Gasteiger partial charge on any atom is 0.0840 e. The molecule has 0 radical (unpaired) electrons. The fourth-order valence-corrected chi connectivity index (χ4v) is 1.31. The van der Waals surface area contributed by atoms with Crippen LogP contribution in [0.25, 0.3) is 0 Å². The molecule has 1 unspecified atom stereocenters. The Morgan fingerprint density at radius 1 is 1.55 bits per heavy atom. The highest BCUT2D eigenvalue weighted by Crippen LogP contribution is 2.12.